The molecule has 0 aliphatic carbocycles. The highest BCUT2D eigenvalue weighted by Crippen LogP contribution is 1.94. The number of rotatable bonds is 7. The fourth-order valence-corrected chi connectivity index (χ4v) is 1.94. The van der Waals surface area contributed by atoms with Crippen LogP contribution in [0.4, 0.5) is 0 Å². The number of ether oxygens (including phenoxy) is 1. The highest BCUT2D eigenvalue weighted by Gasteiger charge is 2.17. The zero-order chi connectivity index (χ0) is 12.1. The predicted octanol–water partition coefficient (Wildman–Crippen LogP) is 0.308. The van der Waals surface area contributed by atoms with Gasteiger partial charge in [-0.2, -0.15) is 0 Å². The Morgan fingerprint density at radius 3 is 2.27 bits per heavy atom. The van der Waals surface area contributed by atoms with Crippen LogP contribution in [0.3, 0.4) is 0 Å². The van der Waals surface area contributed by atoms with E-state index in [4.69, 9.17) is 4.74 Å². The van der Waals surface area contributed by atoms with Gasteiger partial charge in [0.15, 0.2) is 0 Å². The minimum Gasteiger partial charge on any atom is -0.378 e. The topological polar surface area (TPSA) is 72.5 Å². The molecule has 1 unspecified atom stereocenters. The maximum Gasteiger partial charge on any atom is 0.214 e. The Morgan fingerprint density at radius 1 is 1.33 bits per heavy atom. The Morgan fingerprint density at radius 2 is 1.87 bits per heavy atom. The van der Waals surface area contributed by atoms with Crippen LogP contribution in [0, 0.1) is 0 Å². The highest BCUT2D eigenvalue weighted by molar-refractivity contribution is 7.89. The average molecular weight is 237 g/mol. The van der Waals surface area contributed by atoms with Gasteiger partial charge in [0.05, 0.1) is 24.5 Å². The average Bonchev–Trinajstić information content (AvgIpc) is 2.01. The number of carbonyl (C=O) groups excluding carboxylic acids is 1. The summed E-state index contributed by atoms with van der Waals surface area (Å²) in [4.78, 5) is 10.8. The second-order valence-corrected chi connectivity index (χ2v) is 5.56. The van der Waals surface area contributed by atoms with Crippen molar-refractivity contribution in [3.8, 4) is 0 Å². The zero-order valence-electron chi connectivity index (χ0n) is 9.61. The number of sulfonamides is 1. The smallest absolute Gasteiger partial charge is 0.214 e. The number of carbonyl (C=O) groups is 1. The van der Waals surface area contributed by atoms with Gasteiger partial charge in [-0.1, -0.05) is 0 Å². The molecule has 0 saturated carbocycles. The van der Waals surface area contributed by atoms with Crippen LogP contribution >= 0.6 is 0 Å². The first-order chi connectivity index (χ1) is 6.74. The lowest BCUT2D eigenvalue weighted by molar-refractivity contribution is -0.118. The lowest BCUT2D eigenvalue weighted by atomic mass is 10.3. The molecular weight excluding hydrogens is 218 g/mol. The second kappa shape index (κ2) is 6.19. The van der Waals surface area contributed by atoms with Gasteiger partial charge in [0.25, 0.3) is 0 Å². The molecule has 0 radical (unpaired) electrons. The molecule has 1 N–H and O–H groups in total. The van der Waals surface area contributed by atoms with Crippen molar-refractivity contribution in [2.45, 2.75) is 39.8 Å². The van der Waals surface area contributed by atoms with Crippen molar-refractivity contribution in [3.63, 3.8) is 0 Å². The van der Waals surface area contributed by atoms with Crippen molar-refractivity contribution in [1.82, 2.24) is 4.72 Å². The van der Waals surface area contributed by atoms with Crippen LogP contribution in [0.5, 0.6) is 0 Å². The quantitative estimate of drug-likeness (QED) is 0.691. The number of hydrogen-bond acceptors (Lipinski definition) is 4. The Hall–Kier alpha value is -0.460. The van der Waals surface area contributed by atoms with Crippen molar-refractivity contribution in [3.05, 3.63) is 0 Å². The molecule has 6 heteroatoms. The summed E-state index contributed by atoms with van der Waals surface area (Å²) in [7, 11) is -3.42. The molecule has 5 nitrogen and oxygen atoms in total. The van der Waals surface area contributed by atoms with Gasteiger partial charge in [-0.15, -0.1) is 0 Å². The highest BCUT2D eigenvalue weighted by atomic mass is 32.2. The molecule has 0 heterocycles. The molecule has 0 aromatic carbocycles. The molecule has 0 rings (SSSR count). The minimum atomic E-state index is -3.42. The monoisotopic (exact) mass is 237 g/mol. The molecule has 0 aliphatic heterocycles. The van der Waals surface area contributed by atoms with Crippen molar-refractivity contribution in [2.24, 2.45) is 0 Å². The van der Waals surface area contributed by atoms with Crippen molar-refractivity contribution >= 4 is 15.8 Å². The van der Waals surface area contributed by atoms with Crippen molar-refractivity contribution < 1.29 is 17.9 Å². The zero-order valence-corrected chi connectivity index (χ0v) is 10.4. The van der Waals surface area contributed by atoms with E-state index in [-0.39, 0.29) is 24.2 Å². The summed E-state index contributed by atoms with van der Waals surface area (Å²) >= 11 is 0. The fourth-order valence-electron chi connectivity index (χ4n) is 0.805. The van der Waals surface area contributed by atoms with Crippen LogP contribution in [0.1, 0.15) is 27.7 Å². The summed E-state index contributed by atoms with van der Waals surface area (Å²) in [6.07, 6.45) is 0.00503. The molecular formula is C9H19NO4S. The van der Waals surface area contributed by atoms with Crippen molar-refractivity contribution in [2.75, 3.05) is 12.4 Å². The van der Waals surface area contributed by atoms with E-state index in [9.17, 15) is 13.2 Å². The first-order valence-corrected chi connectivity index (χ1v) is 6.52. The lowest BCUT2D eigenvalue weighted by Gasteiger charge is -2.12. The second-order valence-electron chi connectivity index (χ2n) is 3.69. The van der Waals surface area contributed by atoms with Crippen LogP contribution in [0.25, 0.3) is 0 Å². The third kappa shape index (κ3) is 7.47. The molecule has 0 spiro atoms. The molecule has 0 aromatic heterocycles. The fraction of sp³-hybridized carbons (Fsp3) is 0.889. The van der Waals surface area contributed by atoms with Gasteiger partial charge in [-0.05, 0) is 27.7 Å². The summed E-state index contributed by atoms with van der Waals surface area (Å²) in [6, 6.07) is -0.672. The number of Topliss-reactive ketones (excluding diaryl/α,β-unsaturated/α-hetero) is 1. The van der Waals surface area contributed by atoms with E-state index < -0.39 is 16.1 Å². The molecule has 0 aliphatic rings. The maximum absolute atomic E-state index is 11.4. The van der Waals surface area contributed by atoms with Crippen LogP contribution in [-0.4, -0.2) is 38.7 Å². The van der Waals surface area contributed by atoms with E-state index in [2.05, 4.69) is 4.72 Å². The van der Waals surface area contributed by atoms with Gasteiger partial charge in [0.1, 0.15) is 5.78 Å². The van der Waals surface area contributed by atoms with Crippen LogP contribution in [0.15, 0.2) is 0 Å². The molecule has 90 valence electrons. The van der Waals surface area contributed by atoms with E-state index >= 15 is 0 Å². The van der Waals surface area contributed by atoms with Gasteiger partial charge < -0.3 is 4.74 Å². The summed E-state index contributed by atoms with van der Waals surface area (Å²) in [5, 5.41) is 0. The van der Waals surface area contributed by atoms with Gasteiger partial charge in [-0.3, -0.25) is 4.79 Å². The van der Waals surface area contributed by atoms with Crippen LogP contribution in [0.2, 0.25) is 0 Å². The van der Waals surface area contributed by atoms with Gasteiger partial charge in [-0.25, -0.2) is 13.1 Å². The lowest BCUT2D eigenvalue weighted by Crippen LogP contribution is -2.39. The standard InChI is InChI=1S/C9H19NO4S/c1-7(2)14-5-6-15(12,13)10-8(3)9(4)11/h7-8,10H,5-6H2,1-4H3. The molecule has 0 amide bonds. The molecule has 0 bridgehead atoms. The summed E-state index contributed by atoms with van der Waals surface area (Å²) in [5.41, 5.74) is 0. The molecule has 0 fully saturated rings. The molecule has 0 aromatic rings. The van der Waals surface area contributed by atoms with E-state index in [1.54, 1.807) is 0 Å². The van der Waals surface area contributed by atoms with Crippen molar-refractivity contribution in [1.29, 1.82) is 0 Å². The van der Waals surface area contributed by atoms with Gasteiger partial charge in [0.2, 0.25) is 10.0 Å². The van der Waals surface area contributed by atoms with E-state index in [0.717, 1.165) is 0 Å². The minimum absolute atomic E-state index is 0.00503. The first kappa shape index (κ1) is 14.5. The van der Waals surface area contributed by atoms with Crippen LogP contribution < -0.4 is 4.72 Å². The Labute approximate surface area is 91.2 Å². The Kier molecular flexibility index (Phi) is 6.00. The van der Waals surface area contributed by atoms with E-state index in [1.165, 1.54) is 13.8 Å². The number of hydrogen-bond donors (Lipinski definition) is 1. The molecule has 0 saturated heterocycles. The Bertz CT molecular complexity index is 297. The Balaban J connectivity index is 4.03. The molecule has 15 heavy (non-hydrogen) atoms. The predicted molar refractivity (Wildman–Crippen MR) is 58.2 cm³/mol. The third-order valence-corrected chi connectivity index (χ3v) is 3.19. The summed E-state index contributed by atoms with van der Waals surface area (Å²) < 4.78 is 30.2. The first-order valence-electron chi connectivity index (χ1n) is 4.86. The number of ketones is 1. The summed E-state index contributed by atoms with van der Waals surface area (Å²) in [6.45, 7) is 6.66. The van der Waals surface area contributed by atoms with Gasteiger partial charge >= 0.3 is 0 Å². The normalized spacial score (nSPS) is 14.2. The number of nitrogens with one attached hydrogen (secondary N) is 1. The van der Waals surface area contributed by atoms with E-state index in [1.807, 2.05) is 13.8 Å². The SMILES string of the molecule is CC(=O)C(C)NS(=O)(=O)CCOC(C)C. The largest absolute Gasteiger partial charge is 0.378 e. The van der Waals surface area contributed by atoms with Crippen LogP contribution in [-0.2, 0) is 19.6 Å². The molecule has 1 atom stereocenters. The maximum atomic E-state index is 11.4. The summed E-state index contributed by atoms with van der Waals surface area (Å²) in [5.74, 6) is -0.327. The third-order valence-electron chi connectivity index (χ3n) is 1.77. The van der Waals surface area contributed by atoms with E-state index in [0.29, 0.717) is 0 Å². The van der Waals surface area contributed by atoms with Gasteiger partial charge in [0, 0.05) is 0 Å².